The van der Waals surface area contributed by atoms with E-state index < -0.39 is 5.60 Å². The molecule has 1 aromatic heterocycles. The van der Waals surface area contributed by atoms with E-state index in [1.807, 2.05) is 12.1 Å². The smallest absolute Gasteiger partial charge is 0.123 e. The zero-order valence-electron chi connectivity index (χ0n) is 9.99. The first-order chi connectivity index (χ1) is 8.44. The maximum Gasteiger partial charge on any atom is 0.123 e. The van der Waals surface area contributed by atoms with E-state index in [1.54, 1.807) is 19.1 Å². The molecule has 1 unspecified atom stereocenters. The predicted molar refractivity (Wildman–Crippen MR) is 73.8 cm³/mol. The minimum atomic E-state index is -0.855. The van der Waals surface area contributed by atoms with Crippen LogP contribution in [0.3, 0.4) is 0 Å². The van der Waals surface area contributed by atoms with Crippen molar-refractivity contribution >= 4 is 22.9 Å². The molecule has 0 bridgehead atoms. The Morgan fingerprint density at radius 2 is 1.83 bits per heavy atom. The number of benzene rings is 1. The molecule has 0 fully saturated rings. The highest BCUT2D eigenvalue weighted by atomic mass is 35.5. The second kappa shape index (κ2) is 5.39. The Morgan fingerprint density at radius 3 is 2.39 bits per heavy atom. The lowest BCUT2D eigenvalue weighted by Crippen LogP contribution is -2.29. The molecule has 2 aromatic rings. The molecule has 0 saturated carbocycles. The van der Waals surface area contributed by atoms with Gasteiger partial charge in [0.2, 0.25) is 0 Å². The Bertz CT molecular complexity index is 519. The van der Waals surface area contributed by atoms with E-state index in [4.69, 9.17) is 11.6 Å². The van der Waals surface area contributed by atoms with E-state index in [0.717, 1.165) is 14.8 Å². The standard InChI is InChI=1S/C14H14ClFOS/c1-14(17,9-12-6-7-13(15)18-12)8-10-2-4-11(16)5-3-10/h2-7,17H,8-9H2,1H3. The van der Waals surface area contributed by atoms with Crippen molar-refractivity contribution in [3.05, 3.63) is 57.0 Å². The molecule has 0 amide bonds. The molecule has 96 valence electrons. The van der Waals surface area contributed by atoms with E-state index in [1.165, 1.54) is 23.5 Å². The molecule has 1 atom stereocenters. The highest BCUT2D eigenvalue weighted by Gasteiger charge is 2.22. The largest absolute Gasteiger partial charge is 0.389 e. The minimum absolute atomic E-state index is 0.261. The summed E-state index contributed by atoms with van der Waals surface area (Å²) >= 11 is 7.34. The summed E-state index contributed by atoms with van der Waals surface area (Å²) < 4.78 is 13.5. The van der Waals surface area contributed by atoms with Gasteiger partial charge >= 0.3 is 0 Å². The zero-order chi connectivity index (χ0) is 13.2. The average Bonchev–Trinajstić information content (AvgIpc) is 2.66. The average molecular weight is 285 g/mol. The normalized spacial score (nSPS) is 14.4. The van der Waals surface area contributed by atoms with Crippen molar-refractivity contribution < 1.29 is 9.50 Å². The Labute approximate surface area is 115 Å². The molecule has 2 rings (SSSR count). The summed E-state index contributed by atoms with van der Waals surface area (Å²) in [6, 6.07) is 9.97. The summed E-state index contributed by atoms with van der Waals surface area (Å²) in [5.41, 5.74) is 0.0653. The van der Waals surface area contributed by atoms with Crippen molar-refractivity contribution in [3.63, 3.8) is 0 Å². The van der Waals surface area contributed by atoms with Crippen molar-refractivity contribution in [2.45, 2.75) is 25.4 Å². The van der Waals surface area contributed by atoms with Crippen LogP contribution in [0.15, 0.2) is 36.4 Å². The third kappa shape index (κ3) is 3.80. The fraction of sp³-hybridized carbons (Fsp3) is 0.286. The third-order valence-corrected chi connectivity index (χ3v) is 3.91. The quantitative estimate of drug-likeness (QED) is 0.897. The lowest BCUT2D eigenvalue weighted by atomic mass is 9.92. The Morgan fingerprint density at radius 1 is 1.17 bits per heavy atom. The first kappa shape index (κ1) is 13.5. The molecule has 18 heavy (non-hydrogen) atoms. The van der Waals surface area contributed by atoms with Crippen LogP contribution in [0.1, 0.15) is 17.4 Å². The number of hydrogen-bond acceptors (Lipinski definition) is 2. The molecule has 0 aliphatic rings. The summed E-state index contributed by atoms with van der Waals surface area (Å²) in [5.74, 6) is -0.261. The molecule has 0 saturated heterocycles. The highest BCUT2D eigenvalue weighted by molar-refractivity contribution is 7.16. The van der Waals surface area contributed by atoms with E-state index in [9.17, 15) is 9.50 Å². The first-order valence-corrected chi connectivity index (χ1v) is 6.85. The fourth-order valence-corrected chi connectivity index (χ4v) is 3.19. The molecule has 4 heteroatoms. The van der Waals surface area contributed by atoms with Crippen molar-refractivity contribution in [2.24, 2.45) is 0 Å². The van der Waals surface area contributed by atoms with Crippen LogP contribution in [0.25, 0.3) is 0 Å². The van der Waals surface area contributed by atoms with Crippen molar-refractivity contribution in [1.29, 1.82) is 0 Å². The topological polar surface area (TPSA) is 20.2 Å². The van der Waals surface area contributed by atoms with Crippen LogP contribution in [0.4, 0.5) is 4.39 Å². The van der Waals surface area contributed by atoms with Crippen LogP contribution >= 0.6 is 22.9 Å². The van der Waals surface area contributed by atoms with E-state index >= 15 is 0 Å². The summed E-state index contributed by atoms with van der Waals surface area (Å²) in [6.07, 6.45) is 1.03. The molecule has 0 aliphatic carbocycles. The number of rotatable bonds is 4. The van der Waals surface area contributed by atoms with Gasteiger partial charge in [0, 0.05) is 17.7 Å². The summed E-state index contributed by atoms with van der Waals surface area (Å²) in [4.78, 5) is 1.05. The molecule has 1 N–H and O–H groups in total. The second-order valence-corrected chi connectivity index (χ2v) is 6.48. The van der Waals surface area contributed by atoms with Gasteiger partial charge in [-0.05, 0) is 36.8 Å². The molecule has 0 spiro atoms. The van der Waals surface area contributed by atoms with Crippen molar-refractivity contribution in [3.8, 4) is 0 Å². The highest BCUT2D eigenvalue weighted by Crippen LogP contribution is 2.26. The number of hydrogen-bond donors (Lipinski definition) is 1. The number of halogens is 2. The molecule has 1 aromatic carbocycles. The van der Waals surface area contributed by atoms with Gasteiger partial charge in [-0.3, -0.25) is 0 Å². The lowest BCUT2D eigenvalue weighted by molar-refractivity contribution is 0.0616. The summed E-state index contributed by atoms with van der Waals surface area (Å²) in [5, 5.41) is 10.4. The zero-order valence-corrected chi connectivity index (χ0v) is 11.6. The van der Waals surface area contributed by atoms with Crippen molar-refractivity contribution in [1.82, 2.24) is 0 Å². The van der Waals surface area contributed by atoms with Gasteiger partial charge in [0.1, 0.15) is 5.82 Å². The van der Waals surface area contributed by atoms with Gasteiger partial charge in [-0.1, -0.05) is 23.7 Å². The number of aliphatic hydroxyl groups is 1. The first-order valence-electron chi connectivity index (χ1n) is 5.66. The summed E-state index contributed by atoms with van der Waals surface area (Å²) in [6.45, 7) is 1.78. The fourth-order valence-electron chi connectivity index (χ4n) is 1.93. The van der Waals surface area contributed by atoms with E-state index in [-0.39, 0.29) is 5.82 Å². The summed E-state index contributed by atoms with van der Waals surface area (Å²) in [7, 11) is 0. The van der Waals surface area contributed by atoms with Crippen LogP contribution in [-0.2, 0) is 12.8 Å². The molecule has 0 aliphatic heterocycles. The second-order valence-electron chi connectivity index (χ2n) is 4.68. The van der Waals surface area contributed by atoms with Gasteiger partial charge in [0.25, 0.3) is 0 Å². The van der Waals surface area contributed by atoms with Crippen LogP contribution in [0, 0.1) is 5.82 Å². The molecular weight excluding hydrogens is 271 g/mol. The van der Waals surface area contributed by atoms with Crippen LogP contribution in [0.2, 0.25) is 4.34 Å². The molecule has 1 heterocycles. The van der Waals surface area contributed by atoms with Crippen LogP contribution in [0.5, 0.6) is 0 Å². The number of thiophene rings is 1. The van der Waals surface area contributed by atoms with Gasteiger partial charge in [0.15, 0.2) is 0 Å². The Kier molecular flexibility index (Phi) is 4.05. The molecule has 0 radical (unpaired) electrons. The van der Waals surface area contributed by atoms with Gasteiger partial charge < -0.3 is 5.11 Å². The van der Waals surface area contributed by atoms with E-state index in [0.29, 0.717) is 12.8 Å². The van der Waals surface area contributed by atoms with Crippen molar-refractivity contribution in [2.75, 3.05) is 0 Å². The lowest BCUT2D eigenvalue weighted by Gasteiger charge is -2.22. The SMILES string of the molecule is CC(O)(Cc1ccc(F)cc1)Cc1ccc(Cl)s1. The van der Waals surface area contributed by atoms with Gasteiger partial charge in [0.05, 0.1) is 9.94 Å². The maximum atomic E-state index is 12.8. The Hall–Kier alpha value is -0.900. The van der Waals surface area contributed by atoms with E-state index in [2.05, 4.69) is 0 Å². The van der Waals surface area contributed by atoms with Crippen LogP contribution < -0.4 is 0 Å². The minimum Gasteiger partial charge on any atom is -0.389 e. The van der Waals surface area contributed by atoms with Gasteiger partial charge in [-0.2, -0.15) is 0 Å². The predicted octanol–water partition coefficient (Wildman–Crippen LogP) is 4.08. The Balaban J connectivity index is 2.04. The van der Waals surface area contributed by atoms with Gasteiger partial charge in [-0.15, -0.1) is 11.3 Å². The third-order valence-electron chi connectivity index (χ3n) is 2.68. The molecular formula is C14H14ClFOS. The molecule has 1 nitrogen and oxygen atoms in total. The maximum absolute atomic E-state index is 12.8. The van der Waals surface area contributed by atoms with Crippen LogP contribution in [-0.4, -0.2) is 10.7 Å². The monoisotopic (exact) mass is 284 g/mol. The van der Waals surface area contributed by atoms with Gasteiger partial charge in [-0.25, -0.2) is 4.39 Å².